The molecule has 7 heteroatoms. The predicted octanol–water partition coefficient (Wildman–Crippen LogP) is 3.04. The highest BCUT2D eigenvalue weighted by Gasteiger charge is 2.36. The third kappa shape index (κ3) is 4.00. The Balaban J connectivity index is 1.32. The number of likely N-dealkylation sites (tertiary alicyclic amines) is 1. The predicted molar refractivity (Wildman–Crippen MR) is 117 cm³/mol. The topological polar surface area (TPSA) is 80.2 Å². The van der Waals surface area contributed by atoms with Gasteiger partial charge in [0.2, 0.25) is 5.91 Å². The first-order valence-electron chi connectivity index (χ1n) is 10.8. The highest BCUT2D eigenvalue weighted by molar-refractivity contribution is 5.81. The van der Waals surface area contributed by atoms with Crippen LogP contribution < -0.4 is 10.4 Å². The lowest BCUT2D eigenvalue weighted by atomic mass is 10.0. The number of benzene rings is 2. The van der Waals surface area contributed by atoms with Gasteiger partial charge in [-0.3, -0.25) is 4.79 Å². The number of hydrogen-bond acceptors (Lipinski definition) is 4. The molecule has 1 aliphatic heterocycles. The van der Waals surface area contributed by atoms with Crippen LogP contribution in [0.3, 0.4) is 0 Å². The minimum atomic E-state index is -0.240. The monoisotopic (exact) mass is 418 g/mol. The average molecular weight is 418 g/mol. The Kier molecular flexibility index (Phi) is 5.10. The molecule has 1 aliphatic carbocycles. The third-order valence-electron chi connectivity index (χ3n) is 6.29. The molecule has 1 amide bonds. The molecule has 1 aromatic heterocycles. The van der Waals surface area contributed by atoms with E-state index in [1.165, 1.54) is 0 Å². The Hall–Kier alpha value is -3.35. The maximum absolute atomic E-state index is 12.5. The van der Waals surface area contributed by atoms with Gasteiger partial charge in [0.1, 0.15) is 11.6 Å². The van der Waals surface area contributed by atoms with Crippen LogP contribution in [0.4, 0.5) is 0 Å². The number of nitrogens with one attached hydrogen (secondary N) is 1. The first-order chi connectivity index (χ1) is 15.1. The second-order valence-electron chi connectivity index (χ2n) is 8.47. The minimum absolute atomic E-state index is 0.240. The summed E-state index contributed by atoms with van der Waals surface area (Å²) in [6, 6.07) is 15.8. The number of carbonyl (C=O) groups is 1. The molecule has 2 aromatic carbocycles. The zero-order valence-electron chi connectivity index (χ0n) is 17.6. The molecule has 1 N–H and O–H groups in total. The number of nitrogens with zero attached hydrogens (tertiary/aromatic N) is 3. The van der Waals surface area contributed by atoms with Crippen molar-refractivity contribution < 1.29 is 9.53 Å². The number of rotatable bonds is 6. The molecular formula is C24H26N4O3. The lowest BCUT2D eigenvalue weighted by molar-refractivity contribution is -0.131. The van der Waals surface area contributed by atoms with Crippen LogP contribution in [0.1, 0.15) is 25.1 Å². The first kappa shape index (κ1) is 19.6. The van der Waals surface area contributed by atoms with E-state index in [0.717, 1.165) is 54.9 Å². The van der Waals surface area contributed by atoms with Crippen molar-refractivity contribution in [3.63, 3.8) is 0 Å². The lowest BCUT2D eigenvalue weighted by Crippen LogP contribution is -2.30. The van der Waals surface area contributed by atoms with Crippen molar-refractivity contribution in [2.45, 2.75) is 25.7 Å². The Morgan fingerprint density at radius 1 is 1.06 bits per heavy atom. The summed E-state index contributed by atoms with van der Waals surface area (Å²) < 4.78 is 6.86. The van der Waals surface area contributed by atoms with Crippen molar-refractivity contribution in [2.75, 3.05) is 20.2 Å². The maximum Gasteiger partial charge on any atom is 0.347 e. The zero-order valence-corrected chi connectivity index (χ0v) is 17.6. The Morgan fingerprint density at radius 3 is 2.39 bits per heavy atom. The minimum Gasteiger partial charge on any atom is -0.497 e. The van der Waals surface area contributed by atoms with Gasteiger partial charge in [-0.2, -0.15) is 5.10 Å². The van der Waals surface area contributed by atoms with E-state index in [0.29, 0.717) is 24.1 Å². The first-order valence-corrected chi connectivity index (χ1v) is 10.8. The van der Waals surface area contributed by atoms with Crippen LogP contribution in [0.15, 0.2) is 53.3 Å². The standard InChI is InChI=1S/C24H26N4O3/c1-31-21-10-6-18(7-11-21)17-4-8-20(9-5-17)28-22(25-26-24(28)30)14-16-12-13-27(15-16)23(29)19-2-3-19/h4-11,16,19H,2-3,12-15H2,1H3,(H,26,30). The molecule has 0 bridgehead atoms. The number of carbonyl (C=O) groups excluding carboxylic acids is 1. The summed E-state index contributed by atoms with van der Waals surface area (Å²) >= 11 is 0. The normalized spacial score (nSPS) is 18.4. The van der Waals surface area contributed by atoms with E-state index in [-0.39, 0.29) is 11.6 Å². The molecule has 7 nitrogen and oxygen atoms in total. The van der Waals surface area contributed by atoms with Gasteiger partial charge in [0.15, 0.2) is 0 Å². The van der Waals surface area contributed by atoms with Gasteiger partial charge in [0, 0.05) is 25.4 Å². The summed E-state index contributed by atoms with van der Waals surface area (Å²) in [7, 11) is 1.65. The quantitative estimate of drug-likeness (QED) is 0.667. The highest BCUT2D eigenvalue weighted by Crippen LogP contribution is 2.33. The molecule has 1 saturated heterocycles. The largest absolute Gasteiger partial charge is 0.497 e. The molecule has 160 valence electrons. The molecule has 2 aliphatic rings. The van der Waals surface area contributed by atoms with Gasteiger partial charge in [-0.15, -0.1) is 0 Å². The highest BCUT2D eigenvalue weighted by atomic mass is 16.5. The number of aromatic amines is 1. The van der Waals surface area contributed by atoms with Gasteiger partial charge in [-0.25, -0.2) is 14.5 Å². The Morgan fingerprint density at radius 2 is 1.74 bits per heavy atom. The van der Waals surface area contributed by atoms with Crippen LogP contribution in [0.25, 0.3) is 16.8 Å². The molecule has 0 spiro atoms. The van der Waals surface area contributed by atoms with Gasteiger partial charge in [0.05, 0.1) is 12.8 Å². The molecule has 1 saturated carbocycles. The second-order valence-corrected chi connectivity index (χ2v) is 8.47. The van der Waals surface area contributed by atoms with Gasteiger partial charge in [-0.1, -0.05) is 24.3 Å². The average Bonchev–Trinajstić information content (AvgIpc) is 3.45. The van der Waals surface area contributed by atoms with Crippen molar-refractivity contribution in [3.8, 4) is 22.6 Å². The van der Waals surface area contributed by atoms with Crippen LogP contribution >= 0.6 is 0 Å². The lowest BCUT2D eigenvalue weighted by Gasteiger charge is -2.16. The van der Waals surface area contributed by atoms with Crippen molar-refractivity contribution >= 4 is 5.91 Å². The summed E-state index contributed by atoms with van der Waals surface area (Å²) in [5.41, 5.74) is 2.69. The maximum atomic E-state index is 12.5. The van der Waals surface area contributed by atoms with Crippen LogP contribution in [0.5, 0.6) is 5.75 Å². The number of methoxy groups -OCH3 is 1. The number of H-pyrrole nitrogens is 1. The van der Waals surface area contributed by atoms with Crippen LogP contribution in [-0.2, 0) is 11.2 Å². The molecule has 1 atom stereocenters. The fourth-order valence-electron chi connectivity index (χ4n) is 4.37. The van der Waals surface area contributed by atoms with E-state index in [4.69, 9.17) is 4.74 Å². The summed E-state index contributed by atoms with van der Waals surface area (Å²) in [5.74, 6) is 2.42. The molecule has 2 heterocycles. The van der Waals surface area contributed by atoms with Crippen LogP contribution in [-0.4, -0.2) is 45.8 Å². The Labute approximate surface area is 180 Å². The fraction of sp³-hybridized carbons (Fsp3) is 0.375. The van der Waals surface area contributed by atoms with Gasteiger partial charge in [0.25, 0.3) is 0 Å². The van der Waals surface area contributed by atoms with Crippen molar-refractivity contribution in [2.24, 2.45) is 11.8 Å². The number of ether oxygens (including phenoxy) is 1. The molecule has 2 fully saturated rings. The molecule has 1 unspecified atom stereocenters. The summed E-state index contributed by atoms with van der Waals surface area (Å²) in [6.45, 7) is 1.57. The number of hydrogen-bond donors (Lipinski definition) is 1. The van der Waals surface area contributed by atoms with Gasteiger partial charge < -0.3 is 9.64 Å². The van der Waals surface area contributed by atoms with Crippen LogP contribution in [0.2, 0.25) is 0 Å². The van der Waals surface area contributed by atoms with E-state index in [2.05, 4.69) is 10.2 Å². The third-order valence-corrected chi connectivity index (χ3v) is 6.29. The van der Waals surface area contributed by atoms with E-state index in [9.17, 15) is 9.59 Å². The number of amides is 1. The number of aromatic nitrogens is 3. The van der Waals surface area contributed by atoms with E-state index in [1.807, 2.05) is 53.4 Å². The smallest absolute Gasteiger partial charge is 0.347 e. The zero-order chi connectivity index (χ0) is 21.4. The van der Waals surface area contributed by atoms with Crippen molar-refractivity contribution in [3.05, 3.63) is 64.8 Å². The molecule has 31 heavy (non-hydrogen) atoms. The summed E-state index contributed by atoms with van der Waals surface area (Å²) in [4.78, 5) is 26.8. The molecule has 0 radical (unpaired) electrons. The van der Waals surface area contributed by atoms with E-state index in [1.54, 1.807) is 11.7 Å². The SMILES string of the molecule is COc1ccc(-c2ccc(-n3c(CC4CCN(C(=O)C5CC5)C4)n[nH]c3=O)cc2)cc1. The van der Waals surface area contributed by atoms with E-state index < -0.39 is 0 Å². The van der Waals surface area contributed by atoms with Crippen molar-refractivity contribution in [1.82, 2.24) is 19.7 Å². The molecule has 3 aromatic rings. The fourth-order valence-corrected chi connectivity index (χ4v) is 4.37. The molecular weight excluding hydrogens is 392 g/mol. The summed E-state index contributed by atoms with van der Waals surface area (Å²) in [6.07, 6.45) is 3.69. The van der Waals surface area contributed by atoms with Crippen LogP contribution in [0, 0.1) is 11.8 Å². The molecule has 5 rings (SSSR count). The van der Waals surface area contributed by atoms with Gasteiger partial charge in [-0.05, 0) is 60.6 Å². The summed E-state index contributed by atoms with van der Waals surface area (Å²) in [5, 5.41) is 6.87. The van der Waals surface area contributed by atoms with E-state index >= 15 is 0 Å². The van der Waals surface area contributed by atoms with Gasteiger partial charge >= 0.3 is 5.69 Å². The second kappa shape index (κ2) is 8.06. The van der Waals surface area contributed by atoms with Crippen molar-refractivity contribution in [1.29, 1.82) is 0 Å². The Bertz CT molecular complexity index is 1130.